The first-order valence-corrected chi connectivity index (χ1v) is 7.66. The average Bonchev–Trinajstić information content (AvgIpc) is 2.59. The summed E-state index contributed by atoms with van der Waals surface area (Å²) in [6.07, 6.45) is 0.226. The van der Waals surface area contributed by atoms with Crippen LogP contribution in [0.5, 0.6) is 5.75 Å². The Kier molecular flexibility index (Phi) is 5.52. The lowest BCUT2D eigenvalue weighted by Gasteiger charge is -2.23. The Morgan fingerprint density at radius 2 is 1.92 bits per heavy atom. The molecule has 2 aromatic carbocycles. The lowest BCUT2D eigenvalue weighted by atomic mass is 9.94. The van der Waals surface area contributed by atoms with Crippen molar-refractivity contribution >= 4 is 11.7 Å². The predicted molar refractivity (Wildman–Crippen MR) is 89.1 cm³/mol. The fourth-order valence-corrected chi connectivity index (χ4v) is 2.53. The predicted octanol–water partition coefficient (Wildman–Crippen LogP) is 4.04. The summed E-state index contributed by atoms with van der Waals surface area (Å²) >= 11 is 0. The van der Waals surface area contributed by atoms with Gasteiger partial charge in [-0.1, -0.05) is 44.2 Å². The number of nitro groups is 1. The molecule has 0 aliphatic rings. The topological polar surface area (TPSA) is 89.7 Å². The summed E-state index contributed by atoms with van der Waals surface area (Å²) in [6, 6.07) is 12.9. The van der Waals surface area contributed by atoms with Crippen LogP contribution in [0.2, 0.25) is 0 Å². The normalized spacial score (nSPS) is 13.1. The van der Waals surface area contributed by atoms with Crippen molar-refractivity contribution in [3.05, 3.63) is 69.8 Å². The van der Waals surface area contributed by atoms with Gasteiger partial charge in [0.25, 0.3) is 5.69 Å². The minimum atomic E-state index is -0.691. The highest BCUT2D eigenvalue weighted by Gasteiger charge is 2.23. The van der Waals surface area contributed by atoms with Crippen LogP contribution >= 0.6 is 0 Å². The summed E-state index contributed by atoms with van der Waals surface area (Å²) in [7, 11) is 0. The lowest BCUT2D eigenvalue weighted by molar-refractivity contribution is -0.385. The monoisotopic (exact) mass is 329 g/mol. The number of nitrogens with zero attached hydrogens (tertiary/aromatic N) is 1. The zero-order valence-electron chi connectivity index (χ0n) is 13.5. The van der Waals surface area contributed by atoms with Gasteiger partial charge in [-0.2, -0.15) is 0 Å². The van der Waals surface area contributed by atoms with Crippen molar-refractivity contribution < 1.29 is 19.6 Å². The van der Waals surface area contributed by atoms with E-state index in [1.165, 1.54) is 0 Å². The van der Waals surface area contributed by atoms with Gasteiger partial charge in [-0.15, -0.1) is 0 Å². The van der Waals surface area contributed by atoms with E-state index in [0.29, 0.717) is 6.42 Å². The summed E-state index contributed by atoms with van der Waals surface area (Å²) in [5, 5.41) is 20.4. The Morgan fingerprint density at radius 1 is 1.25 bits per heavy atom. The van der Waals surface area contributed by atoms with Gasteiger partial charge >= 0.3 is 5.97 Å². The van der Waals surface area contributed by atoms with Gasteiger partial charge in [0.2, 0.25) is 0 Å². The SMILES string of the molecule is CC[C@@H](OC(=O)c1cc(O)cc([N+](=O)[O-])c1)[C@@H](C)c1ccccc1. The van der Waals surface area contributed by atoms with Crippen molar-refractivity contribution in [2.75, 3.05) is 0 Å². The highest BCUT2D eigenvalue weighted by molar-refractivity contribution is 5.90. The number of hydrogen-bond acceptors (Lipinski definition) is 5. The number of phenolic OH excluding ortho intramolecular Hbond substituents is 1. The van der Waals surface area contributed by atoms with Crippen LogP contribution in [0.25, 0.3) is 0 Å². The van der Waals surface area contributed by atoms with Gasteiger partial charge in [-0.25, -0.2) is 4.79 Å². The number of non-ortho nitro benzene ring substituents is 1. The molecule has 0 aromatic heterocycles. The molecule has 0 radical (unpaired) electrons. The first kappa shape index (κ1) is 17.5. The molecule has 24 heavy (non-hydrogen) atoms. The highest BCUT2D eigenvalue weighted by atomic mass is 16.6. The molecule has 126 valence electrons. The van der Waals surface area contributed by atoms with Crippen LogP contribution in [0.1, 0.15) is 42.1 Å². The van der Waals surface area contributed by atoms with Crippen LogP contribution in [-0.2, 0) is 4.74 Å². The molecular weight excluding hydrogens is 310 g/mol. The Morgan fingerprint density at radius 3 is 2.50 bits per heavy atom. The molecule has 0 saturated carbocycles. The largest absolute Gasteiger partial charge is 0.508 e. The first-order valence-electron chi connectivity index (χ1n) is 7.66. The molecule has 0 saturated heterocycles. The van der Waals surface area contributed by atoms with Gasteiger partial charge in [0.05, 0.1) is 16.6 Å². The Hall–Kier alpha value is -2.89. The van der Waals surface area contributed by atoms with Crippen molar-refractivity contribution in [2.45, 2.75) is 32.3 Å². The second-order valence-electron chi connectivity index (χ2n) is 5.55. The van der Waals surface area contributed by atoms with E-state index in [1.54, 1.807) is 0 Å². The molecule has 2 atom stereocenters. The molecule has 2 aromatic rings. The number of rotatable bonds is 6. The maximum absolute atomic E-state index is 12.3. The van der Waals surface area contributed by atoms with E-state index in [0.717, 1.165) is 23.8 Å². The molecule has 6 heteroatoms. The molecule has 0 heterocycles. The molecule has 1 N–H and O–H groups in total. The maximum atomic E-state index is 12.3. The van der Waals surface area contributed by atoms with Gasteiger partial charge in [-0.3, -0.25) is 10.1 Å². The van der Waals surface area contributed by atoms with E-state index in [4.69, 9.17) is 4.74 Å². The van der Waals surface area contributed by atoms with Gasteiger partial charge in [0.15, 0.2) is 0 Å². The molecular formula is C18H19NO5. The van der Waals surface area contributed by atoms with E-state index in [1.807, 2.05) is 44.2 Å². The molecule has 2 rings (SSSR count). The lowest BCUT2D eigenvalue weighted by Crippen LogP contribution is -2.23. The average molecular weight is 329 g/mol. The molecule has 0 aliphatic heterocycles. The standard InChI is InChI=1S/C18H19NO5/c1-3-17(12(2)13-7-5-4-6-8-13)24-18(21)14-9-15(19(22)23)11-16(20)10-14/h4-12,17,20H,3H2,1-2H3/t12-,17+/m0/s1. The summed E-state index contributed by atoms with van der Waals surface area (Å²) in [4.78, 5) is 22.5. The van der Waals surface area contributed by atoms with Crippen molar-refractivity contribution in [3.63, 3.8) is 0 Å². The number of carbonyl (C=O) groups excluding carboxylic acids is 1. The van der Waals surface area contributed by atoms with Crippen LogP contribution < -0.4 is 0 Å². The van der Waals surface area contributed by atoms with E-state index < -0.39 is 10.9 Å². The van der Waals surface area contributed by atoms with E-state index in [9.17, 15) is 20.0 Å². The molecule has 0 spiro atoms. The summed E-state index contributed by atoms with van der Waals surface area (Å²) in [6.45, 7) is 3.87. The zero-order chi connectivity index (χ0) is 17.7. The van der Waals surface area contributed by atoms with Crippen molar-refractivity contribution in [2.24, 2.45) is 0 Å². The minimum absolute atomic E-state index is 0.0209. The van der Waals surface area contributed by atoms with E-state index >= 15 is 0 Å². The van der Waals surface area contributed by atoms with E-state index in [2.05, 4.69) is 0 Å². The highest BCUT2D eigenvalue weighted by Crippen LogP contribution is 2.26. The third kappa shape index (κ3) is 4.10. The van der Waals surface area contributed by atoms with Gasteiger partial charge in [0.1, 0.15) is 11.9 Å². The number of hydrogen-bond donors (Lipinski definition) is 1. The van der Waals surface area contributed by atoms with Crippen molar-refractivity contribution in [1.82, 2.24) is 0 Å². The quantitative estimate of drug-likeness (QED) is 0.491. The second kappa shape index (κ2) is 7.59. The Bertz CT molecular complexity index is 729. The van der Waals surface area contributed by atoms with Crippen molar-refractivity contribution in [3.8, 4) is 5.75 Å². The van der Waals surface area contributed by atoms with Crippen LogP contribution in [0, 0.1) is 10.1 Å². The second-order valence-corrected chi connectivity index (χ2v) is 5.55. The van der Waals surface area contributed by atoms with Gasteiger partial charge in [0, 0.05) is 12.0 Å². The first-order chi connectivity index (χ1) is 11.4. The van der Waals surface area contributed by atoms with Crippen LogP contribution in [0.4, 0.5) is 5.69 Å². The minimum Gasteiger partial charge on any atom is -0.508 e. The molecule has 0 unspecified atom stereocenters. The van der Waals surface area contributed by atoms with E-state index in [-0.39, 0.29) is 29.0 Å². The maximum Gasteiger partial charge on any atom is 0.338 e. The number of aromatic hydroxyl groups is 1. The number of benzene rings is 2. The third-order valence-electron chi connectivity index (χ3n) is 3.89. The number of nitro benzene ring substituents is 1. The zero-order valence-corrected chi connectivity index (χ0v) is 13.5. The summed E-state index contributed by atoms with van der Waals surface area (Å²) < 4.78 is 5.52. The molecule has 0 amide bonds. The molecule has 6 nitrogen and oxygen atoms in total. The molecule has 0 fully saturated rings. The Labute approximate surface area is 139 Å². The summed E-state index contributed by atoms with van der Waals surface area (Å²) in [5.41, 5.74) is 0.644. The summed E-state index contributed by atoms with van der Waals surface area (Å²) in [5.74, 6) is -1.06. The number of esters is 1. The number of ether oxygens (including phenoxy) is 1. The Balaban J connectivity index is 2.19. The fraction of sp³-hybridized carbons (Fsp3) is 0.278. The number of phenols is 1. The fourth-order valence-electron chi connectivity index (χ4n) is 2.53. The van der Waals surface area contributed by atoms with Crippen LogP contribution in [0.15, 0.2) is 48.5 Å². The third-order valence-corrected chi connectivity index (χ3v) is 3.89. The van der Waals surface area contributed by atoms with Gasteiger partial charge in [-0.05, 0) is 18.1 Å². The van der Waals surface area contributed by atoms with Crippen LogP contribution in [-0.4, -0.2) is 22.1 Å². The van der Waals surface area contributed by atoms with Gasteiger partial charge < -0.3 is 9.84 Å². The molecule has 0 bridgehead atoms. The molecule has 0 aliphatic carbocycles. The smallest absolute Gasteiger partial charge is 0.338 e. The van der Waals surface area contributed by atoms with Crippen molar-refractivity contribution in [1.29, 1.82) is 0 Å². The van der Waals surface area contributed by atoms with Crippen LogP contribution in [0.3, 0.4) is 0 Å². The number of carbonyl (C=O) groups is 1.